The van der Waals surface area contributed by atoms with Crippen molar-refractivity contribution in [3.05, 3.63) is 29.7 Å². The lowest BCUT2D eigenvalue weighted by molar-refractivity contribution is 0.110. The first-order valence-corrected chi connectivity index (χ1v) is 10.1. The zero-order chi connectivity index (χ0) is 19.8. The maximum absolute atomic E-state index is 11.2. The molecule has 6 heteroatoms. The van der Waals surface area contributed by atoms with E-state index in [1.54, 1.807) is 0 Å². The lowest BCUT2D eigenvalue weighted by Gasteiger charge is -2.38. The molecule has 27 heavy (non-hydrogen) atoms. The van der Waals surface area contributed by atoms with Crippen molar-refractivity contribution in [2.24, 2.45) is 11.8 Å². The SMILES string of the molecule is CC.CC(C)N1NCC=C1C1CCCCC1COc1cncc(O)c1C=O. The van der Waals surface area contributed by atoms with E-state index in [1.807, 2.05) is 13.8 Å². The third-order valence-electron chi connectivity index (χ3n) is 5.16. The molecular formula is C21H33N3O3. The first kappa shape index (κ1) is 21.2. The highest BCUT2D eigenvalue weighted by molar-refractivity contribution is 5.82. The lowest BCUT2D eigenvalue weighted by atomic mass is 9.77. The van der Waals surface area contributed by atoms with Gasteiger partial charge in [-0.25, -0.2) is 5.43 Å². The molecule has 1 fully saturated rings. The number of carbonyl (C=O) groups excluding carboxylic acids is 1. The Morgan fingerprint density at radius 3 is 2.78 bits per heavy atom. The van der Waals surface area contributed by atoms with Crippen LogP contribution in [0, 0.1) is 11.8 Å². The van der Waals surface area contributed by atoms with Crippen LogP contribution in [0.5, 0.6) is 11.5 Å². The fourth-order valence-electron chi connectivity index (χ4n) is 3.92. The third kappa shape index (κ3) is 5.01. The second-order valence-electron chi connectivity index (χ2n) is 7.11. The Hall–Kier alpha value is -2.08. The predicted octanol–water partition coefficient (Wildman–Crippen LogP) is 3.92. The van der Waals surface area contributed by atoms with Crippen LogP contribution in [0.25, 0.3) is 0 Å². The Bertz CT molecular complexity index is 646. The Morgan fingerprint density at radius 2 is 2.07 bits per heavy atom. The molecule has 0 bridgehead atoms. The summed E-state index contributed by atoms with van der Waals surface area (Å²) in [6.45, 7) is 9.79. The molecule has 2 unspecified atom stereocenters. The maximum atomic E-state index is 11.2. The van der Waals surface area contributed by atoms with Crippen molar-refractivity contribution in [2.45, 2.75) is 59.4 Å². The average Bonchev–Trinajstić information content (AvgIpc) is 3.18. The van der Waals surface area contributed by atoms with Crippen LogP contribution in [0.1, 0.15) is 63.7 Å². The molecule has 0 amide bonds. The summed E-state index contributed by atoms with van der Waals surface area (Å²) < 4.78 is 5.91. The predicted molar refractivity (Wildman–Crippen MR) is 107 cm³/mol. The zero-order valence-corrected chi connectivity index (χ0v) is 16.9. The van der Waals surface area contributed by atoms with Gasteiger partial charge in [-0.15, -0.1) is 0 Å². The molecule has 1 aromatic rings. The van der Waals surface area contributed by atoms with Gasteiger partial charge in [0.15, 0.2) is 12.0 Å². The molecule has 3 rings (SSSR count). The Labute approximate surface area is 162 Å². The van der Waals surface area contributed by atoms with Crippen LogP contribution in [0.2, 0.25) is 0 Å². The van der Waals surface area contributed by atoms with E-state index in [-0.39, 0.29) is 11.3 Å². The number of pyridine rings is 1. The highest BCUT2D eigenvalue weighted by Crippen LogP contribution is 2.38. The molecule has 150 valence electrons. The van der Waals surface area contributed by atoms with E-state index in [1.165, 1.54) is 30.9 Å². The van der Waals surface area contributed by atoms with Crippen molar-refractivity contribution in [3.8, 4) is 11.5 Å². The minimum Gasteiger partial charge on any atom is -0.505 e. The molecule has 1 aromatic heterocycles. The third-order valence-corrected chi connectivity index (χ3v) is 5.16. The van der Waals surface area contributed by atoms with Crippen LogP contribution < -0.4 is 10.2 Å². The van der Waals surface area contributed by atoms with Crippen molar-refractivity contribution in [2.75, 3.05) is 13.2 Å². The van der Waals surface area contributed by atoms with Crippen molar-refractivity contribution in [1.29, 1.82) is 0 Å². The number of aldehydes is 1. The number of nitrogens with zero attached hydrogens (tertiary/aromatic N) is 2. The van der Waals surface area contributed by atoms with E-state index in [2.05, 4.69) is 35.3 Å². The van der Waals surface area contributed by atoms with Crippen LogP contribution >= 0.6 is 0 Å². The van der Waals surface area contributed by atoms with Gasteiger partial charge < -0.3 is 14.9 Å². The van der Waals surface area contributed by atoms with Gasteiger partial charge in [0.05, 0.1) is 19.0 Å². The van der Waals surface area contributed by atoms with E-state index < -0.39 is 0 Å². The highest BCUT2D eigenvalue weighted by Gasteiger charge is 2.33. The molecule has 0 saturated heterocycles. The first-order valence-electron chi connectivity index (χ1n) is 10.1. The summed E-state index contributed by atoms with van der Waals surface area (Å²) in [5, 5.41) is 12.0. The molecule has 2 heterocycles. The smallest absolute Gasteiger partial charge is 0.157 e. The Kier molecular flexibility index (Phi) is 8.10. The van der Waals surface area contributed by atoms with Crippen LogP contribution in [0.15, 0.2) is 24.2 Å². The summed E-state index contributed by atoms with van der Waals surface area (Å²) in [7, 11) is 0. The fourth-order valence-corrected chi connectivity index (χ4v) is 3.92. The summed E-state index contributed by atoms with van der Waals surface area (Å²) in [4.78, 5) is 15.1. The number of hydrogen-bond donors (Lipinski definition) is 2. The highest BCUT2D eigenvalue weighted by atomic mass is 16.5. The molecule has 0 aromatic carbocycles. The number of allylic oxidation sites excluding steroid dienone is 1. The first-order chi connectivity index (χ1) is 13.1. The maximum Gasteiger partial charge on any atom is 0.157 e. The van der Waals surface area contributed by atoms with Gasteiger partial charge in [0.2, 0.25) is 0 Å². The summed E-state index contributed by atoms with van der Waals surface area (Å²) in [5.74, 6) is 1.07. The molecule has 6 nitrogen and oxygen atoms in total. The zero-order valence-electron chi connectivity index (χ0n) is 16.9. The van der Waals surface area contributed by atoms with Gasteiger partial charge in [-0.3, -0.25) is 9.78 Å². The van der Waals surface area contributed by atoms with Gasteiger partial charge in [0.1, 0.15) is 11.3 Å². The van der Waals surface area contributed by atoms with Gasteiger partial charge >= 0.3 is 0 Å². The molecule has 1 saturated carbocycles. The number of aromatic nitrogens is 1. The quantitative estimate of drug-likeness (QED) is 0.734. The van der Waals surface area contributed by atoms with Gasteiger partial charge in [-0.2, -0.15) is 0 Å². The van der Waals surface area contributed by atoms with Crippen LogP contribution in [0.3, 0.4) is 0 Å². The normalized spacial score (nSPS) is 22.1. The summed E-state index contributed by atoms with van der Waals surface area (Å²) in [6, 6.07) is 0.411. The van der Waals surface area contributed by atoms with Gasteiger partial charge in [0.25, 0.3) is 0 Å². The second kappa shape index (κ2) is 10.3. The molecule has 0 spiro atoms. The fraction of sp³-hybridized carbons (Fsp3) is 0.619. The summed E-state index contributed by atoms with van der Waals surface area (Å²) in [5.41, 5.74) is 4.98. The van der Waals surface area contributed by atoms with E-state index in [9.17, 15) is 9.90 Å². The Morgan fingerprint density at radius 1 is 1.33 bits per heavy atom. The number of ether oxygens (including phenoxy) is 1. The molecule has 2 N–H and O–H groups in total. The standard InChI is InChI=1S/C19H27N3O3.C2H6/c1-13(2)22-17(7-8-21-22)15-6-4-3-5-14(15)12-25-19-10-20-9-18(24)16(19)11-23;1-2/h7,9-11,13-15,21,24H,3-6,8,12H2,1-2H3;1-2H3. The number of rotatable bonds is 6. The number of nitrogens with one attached hydrogen (secondary N) is 1. The lowest BCUT2D eigenvalue weighted by Crippen LogP contribution is -2.42. The van der Waals surface area contributed by atoms with Gasteiger partial charge in [0, 0.05) is 30.1 Å². The van der Waals surface area contributed by atoms with Crippen molar-refractivity contribution >= 4 is 6.29 Å². The monoisotopic (exact) mass is 375 g/mol. The minimum atomic E-state index is -0.138. The molecule has 1 aliphatic heterocycles. The van der Waals surface area contributed by atoms with E-state index in [0.29, 0.717) is 36.5 Å². The number of carbonyl (C=O) groups is 1. The van der Waals surface area contributed by atoms with Crippen LogP contribution in [-0.2, 0) is 0 Å². The average molecular weight is 376 g/mol. The molecule has 1 aliphatic carbocycles. The van der Waals surface area contributed by atoms with Crippen molar-refractivity contribution in [3.63, 3.8) is 0 Å². The molecule has 2 atom stereocenters. The molecule has 0 radical (unpaired) electrons. The minimum absolute atomic E-state index is 0.138. The van der Waals surface area contributed by atoms with Gasteiger partial charge in [-0.05, 0) is 32.8 Å². The number of hydrogen-bond acceptors (Lipinski definition) is 6. The number of aromatic hydroxyl groups is 1. The number of hydrazine groups is 1. The van der Waals surface area contributed by atoms with E-state index in [0.717, 1.165) is 19.4 Å². The summed E-state index contributed by atoms with van der Waals surface area (Å²) in [6.07, 6.45) is 10.4. The van der Waals surface area contributed by atoms with Crippen LogP contribution in [-0.4, -0.2) is 40.6 Å². The van der Waals surface area contributed by atoms with E-state index in [4.69, 9.17) is 4.74 Å². The second-order valence-corrected chi connectivity index (χ2v) is 7.11. The van der Waals surface area contributed by atoms with Crippen molar-refractivity contribution in [1.82, 2.24) is 15.4 Å². The van der Waals surface area contributed by atoms with Crippen LogP contribution in [0.4, 0.5) is 0 Å². The Balaban J connectivity index is 0.00000126. The summed E-state index contributed by atoms with van der Waals surface area (Å²) >= 11 is 0. The van der Waals surface area contributed by atoms with Gasteiger partial charge in [-0.1, -0.05) is 26.7 Å². The molecular weight excluding hydrogens is 342 g/mol. The topological polar surface area (TPSA) is 74.7 Å². The van der Waals surface area contributed by atoms with Crippen molar-refractivity contribution < 1.29 is 14.6 Å². The largest absolute Gasteiger partial charge is 0.505 e. The molecule has 2 aliphatic rings. The van der Waals surface area contributed by atoms with E-state index >= 15 is 0 Å².